The standard InChI is InChI=1S/C18H24N4O2S2/c1-10-5-6-13-14(7-10)26-16(15(13)17(23)24-4)20-18(25)19-8-12-9-22(3)21-11(12)2/h9-10H,5-8H2,1-4H3,(H2,19,20,25). The number of thiophene rings is 1. The lowest BCUT2D eigenvalue weighted by molar-refractivity contribution is 0.0601. The summed E-state index contributed by atoms with van der Waals surface area (Å²) in [6.45, 7) is 4.80. The molecule has 0 aliphatic heterocycles. The molecule has 140 valence electrons. The molecule has 26 heavy (non-hydrogen) atoms. The molecule has 1 aliphatic carbocycles. The molecule has 8 heteroatoms. The van der Waals surface area contributed by atoms with Crippen LogP contribution in [0, 0.1) is 12.8 Å². The summed E-state index contributed by atoms with van der Waals surface area (Å²) in [5.74, 6) is 0.337. The van der Waals surface area contributed by atoms with Gasteiger partial charge < -0.3 is 15.4 Å². The van der Waals surface area contributed by atoms with Crippen LogP contribution < -0.4 is 10.6 Å². The van der Waals surface area contributed by atoms with Crippen LogP contribution in [0.15, 0.2) is 6.20 Å². The van der Waals surface area contributed by atoms with E-state index in [1.807, 2.05) is 20.2 Å². The highest BCUT2D eigenvalue weighted by molar-refractivity contribution is 7.80. The molecule has 0 saturated carbocycles. The predicted octanol–water partition coefficient (Wildman–Crippen LogP) is 3.19. The normalized spacial score (nSPS) is 16.1. The first kappa shape index (κ1) is 18.8. The third kappa shape index (κ3) is 3.91. The molecule has 0 aromatic carbocycles. The molecule has 1 atom stereocenters. The number of hydrogen-bond acceptors (Lipinski definition) is 5. The summed E-state index contributed by atoms with van der Waals surface area (Å²) in [6.07, 6.45) is 4.97. The van der Waals surface area contributed by atoms with E-state index >= 15 is 0 Å². The number of anilines is 1. The lowest BCUT2D eigenvalue weighted by Crippen LogP contribution is -2.28. The summed E-state index contributed by atoms with van der Waals surface area (Å²) in [5, 5.41) is 12.0. The van der Waals surface area contributed by atoms with Crippen molar-refractivity contribution in [3.05, 3.63) is 33.5 Å². The number of methoxy groups -OCH3 is 1. The number of nitrogens with one attached hydrogen (secondary N) is 2. The molecule has 0 radical (unpaired) electrons. The molecule has 1 unspecified atom stereocenters. The van der Waals surface area contributed by atoms with Gasteiger partial charge in [0.25, 0.3) is 0 Å². The number of thiocarbonyl (C=S) groups is 1. The number of hydrogen-bond donors (Lipinski definition) is 2. The van der Waals surface area contributed by atoms with Gasteiger partial charge in [0.2, 0.25) is 0 Å². The number of ether oxygens (including phenoxy) is 1. The van der Waals surface area contributed by atoms with Crippen LogP contribution in [0.1, 0.15) is 45.4 Å². The number of carbonyl (C=O) groups is 1. The SMILES string of the molecule is COC(=O)c1c(NC(=S)NCc2cn(C)nc2C)sc2c1CCC(C)C2. The number of aromatic nitrogens is 2. The molecule has 3 rings (SSSR count). The highest BCUT2D eigenvalue weighted by atomic mass is 32.1. The van der Waals surface area contributed by atoms with Crippen LogP contribution in [-0.2, 0) is 31.2 Å². The van der Waals surface area contributed by atoms with Crippen LogP contribution in [-0.4, -0.2) is 28.0 Å². The smallest absolute Gasteiger partial charge is 0.341 e. The van der Waals surface area contributed by atoms with Crippen LogP contribution in [0.25, 0.3) is 0 Å². The molecule has 2 N–H and O–H groups in total. The first-order valence-electron chi connectivity index (χ1n) is 8.65. The average Bonchev–Trinajstić information content (AvgIpc) is 3.10. The van der Waals surface area contributed by atoms with Crippen LogP contribution in [0.2, 0.25) is 0 Å². The molecule has 1 aliphatic rings. The van der Waals surface area contributed by atoms with Gasteiger partial charge in [0.1, 0.15) is 5.00 Å². The molecule has 0 amide bonds. The maximum atomic E-state index is 12.3. The van der Waals surface area contributed by atoms with Crippen molar-refractivity contribution < 1.29 is 9.53 Å². The van der Waals surface area contributed by atoms with Crippen molar-refractivity contribution in [1.29, 1.82) is 0 Å². The molecule has 2 aromatic rings. The van der Waals surface area contributed by atoms with Gasteiger partial charge in [0, 0.05) is 30.2 Å². The third-order valence-electron chi connectivity index (χ3n) is 4.68. The second kappa shape index (κ2) is 7.75. The third-order valence-corrected chi connectivity index (χ3v) is 6.10. The number of rotatable bonds is 4. The van der Waals surface area contributed by atoms with E-state index in [1.54, 1.807) is 16.0 Å². The summed E-state index contributed by atoms with van der Waals surface area (Å²) in [7, 11) is 3.32. The second-order valence-corrected chi connectivity index (χ2v) is 8.28. The van der Waals surface area contributed by atoms with Gasteiger partial charge in [-0.2, -0.15) is 5.10 Å². The fraction of sp³-hybridized carbons (Fsp3) is 0.500. The van der Waals surface area contributed by atoms with Crippen LogP contribution >= 0.6 is 23.6 Å². The quantitative estimate of drug-likeness (QED) is 0.615. The molecule has 0 bridgehead atoms. The molecule has 2 aromatic heterocycles. The Hall–Kier alpha value is -1.93. The Labute approximate surface area is 162 Å². The largest absolute Gasteiger partial charge is 0.465 e. The Morgan fingerprint density at radius 3 is 2.96 bits per heavy atom. The van der Waals surface area contributed by atoms with E-state index in [1.165, 1.54) is 12.0 Å². The number of esters is 1. The van der Waals surface area contributed by atoms with Crippen molar-refractivity contribution in [3.63, 3.8) is 0 Å². The van der Waals surface area contributed by atoms with Gasteiger partial charge in [-0.1, -0.05) is 6.92 Å². The van der Waals surface area contributed by atoms with Crippen molar-refractivity contribution in [2.24, 2.45) is 13.0 Å². The van der Waals surface area contributed by atoms with E-state index < -0.39 is 0 Å². The summed E-state index contributed by atoms with van der Waals surface area (Å²) < 4.78 is 6.79. The number of aryl methyl sites for hydroxylation is 2. The van der Waals surface area contributed by atoms with Crippen LogP contribution in [0.4, 0.5) is 5.00 Å². The number of carbonyl (C=O) groups excluding carboxylic acids is 1. The molecule has 0 saturated heterocycles. The lowest BCUT2D eigenvalue weighted by Gasteiger charge is -2.18. The van der Waals surface area contributed by atoms with Gasteiger partial charge >= 0.3 is 5.97 Å². The monoisotopic (exact) mass is 392 g/mol. The fourth-order valence-corrected chi connectivity index (χ4v) is 4.94. The van der Waals surface area contributed by atoms with Crippen molar-refractivity contribution in [2.75, 3.05) is 12.4 Å². The van der Waals surface area contributed by atoms with Gasteiger partial charge in [0.15, 0.2) is 5.11 Å². The Morgan fingerprint density at radius 1 is 1.54 bits per heavy atom. The number of fused-ring (bicyclic) bond motifs is 1. The van der Waals surface area contributed by atoms with E-state index in [4.69, 9.17) is 17.0 Å². The van der Waals surface area contributed by atoms with E-state index in [0.29, 0.717) is 23.1 Å². The molecule has 0 spiro atoms. The summed E-state index contributed by atoms with van der Waals surface area (Å²) in [4.78, 5) is 13.6. The van der Waals surface area contributed by atoms with Crippen molar-refractivity contribution in [1.82, 2.24) is 15.1 Å². The Bertz CT molecular complexity index is 841. The van der Waals surface area contributed by atoms with Gasteiger partial charge in [-0.25, -0.2) is 4.79 Å². The zero-order valence-electron chi connectivity index (χ0n) is 15.5. The average molecular weight is 393 g/mol. The van der Waals surface area contributed by atoms with Crippen molar-refractivity contribution in [2.45, 2.75) is 39.7 Å². The first-order chi connectivity index (χ1) is 12.4. The minimum absolute atomic E-state index is 0.301. The van der Waals surface area contributed by atoms with Gasteiger partial charge in [-0.15, -0.1) is 11.3 Å². The minimum atomic E-state index is -0.301. The molecular weight excluding hydrogens is 368 g/mol. The first-order valence-corrected chi connectivity index (χ1v) is 9.88. The fourth-order valence-electron chi connectivity index (χ4n) is 3.30. The zero-order chi connectivity index (χ0) is 18.8. The lowest BCUT2D eigenvalue weighted by atomic mass is 9.88. The minimum Gasteiger partial charge on any atom is -0.465 e. The summed E-state index contributed by atoms with van der Waals surface area (Å²) >= 11 is 7.05. The number of nitrogens with zero attached hydrogens (tertiary/aromatic N) is 2. The van der Waals surface area contributed by atoms with E-state index in [2.05, 4.69) is 22.7 Å². The maximum absolute atomic E-state index is 12.3. The zero-order valence-corrected chi connectivity index (χ0v) is 17.1. The Kier molecular flexibility index (Phi) is 5.62. The highest BCUT2D eigenvalue weighted by Crippen LogP contribution is 2.40. The summed E-state index contributed by atoms with van der Waals surface area (Å²) in [6, 6.07) is 0. The van der Waals surface area contributed by atoms with Gasteiger partial charge in [-0.05, 0) is 49.9 Å². The maximum Gasteiger partial charge on any atom is 0.341 e. The molecule has 6 nitrogen and oxygen atoms in total. The van der Waals surface area contributed by atoms with Crippen LogP contribution in [0.3, 0.4) is 0 Å². The van der Waals surface area contributed by atoms with Crippen LogP contribution in [0.5, 0.6) is 0 Å². The molecule has 2 heterocycles. The van der Waals surface area contributed by atoms with E-state index in [-0.39, 0.29) is 5.97 Å². The molecular formula is C18H24N4O2S2. The molecule has 0 fully saturated rings. The summed E-state index contributed by atoms with van der Waals surface area (Å²) in [5.41, 5.74) is 3.82. The van der Waals surface area contributed by atoms with Crippen molar-refractivity contribution >= 4 is 39.6 Å². The van der Waals surface area contributed by atoms with Gasteiger partial charge in [-0.3, -0.25) is 4.68 Å². The Balaban J connectivity index is 1.75. The van der Waals surface area contributed by atoms with E-state index in [0.717, 1.165) is 41.1 Å². The van der Waals surface area contributed by atoms with Crippen molar-refractivity contribution in [3.8, 4) is 0 Å². The Morgan fingerprint density at radius 2 is 2.31 bits per heavy atom. The topological polar surface area (TPSA) is 68.2 Å². The second-order valence-electron chi connectivity index (χ2n) is 6.77. The highest BCUT2D eigenvalue weighted by Gasteiger charge is 2.28. The predicted molar refractivity (Wildman–Crippen MR) is 108 cm³/mol. The van der Waals surface area contributed by atoms with E-state index in [9.17, 15) is 4.79 Å². The van der Waals surface area contributed by atoms with Gasteiger partial charge in [0.05, 0.1) is 18.4 Å².